The predicted molar refractivity (Wildman–Crippen MR) is 66.1 cm³/mol. The van der Waals surface area contributed by atoms with Gasteiger partial charge in [-0.1, -0.05) is 0 Å². The van der Waals surface area contributed by atoms with Gasteiger partial charge < -0.3 is 19.3 Å². The molecule has 0 saturated carbocycles. The number of rotatable bonds is 2. The Balaban J connectivity index is 2.01. The largest absolute Gasteiger partial charge is 0.394 e. The number of H-pyrrole nitrogens is 1. The second kappa shape index (κ2) is 4.73. The molecule has 0 spiro atoms. The van der Waals surface area contributed by atoms with Crippen molar-refractivity contribution in [1.82, 2.24) is 9.55 Å². The van der Waals surface area contributed by atoms with Crippen LogP contribution in [0, 0.1) is 5.82 Å². The van der Waals surface area contributed by atoms with E-state index in [1.807, 2.05) is 4.98 Å². The summed E-state index contributed by atoms with van der Waals surface area (Å²) in [6, 6.07) is 0. The van der Waals surface area contributed by atoms with Gasteiger partial charge in [0.2, 0.25) is 5.82 Å². The van der Waals surface area contributed by atoms with Gasteiger partial charge in [0.05, 0.1) is 12.8 Å². The van der Waals surface area contributed by atoms with E-state index in [0.29, 0.717) is 0 Å². The average molecular weight is 302 g/mol. The van der Waals surface area contributed by atoms with Crippen LogP contribution in [0.2, 0.25) is 0 Å². The highest BCUT2D eigenvalue weighted by atomic mass is 19.1. The van der Waals surface area contributed by atoms with E-state index in [1.165, 1.54) is 0 Å². The van der Waals surface area contributed by atoms with Gasteiger partial charge >= 0.3 is 5.69 Å². The van der Waals surface area contributed by atoms with Gasteiger partial charge in [-0.15, -0.1) is 0 Å². The smallest absolute Gasteiger partial charge is 0.330 e. The number of hydrogen-bond donors (Lipinski definition) is 2. The lowest BCUT2D eigenvalue weighted by molar-refractivity contribution is -0.200. The average Bonchev–Trinajstić information content (AvgIpc) is 2.87. The maximum Gasteiger partial charge on any atom is 0.330 e. The molecule has 4 atom stereocenters. The molecule has 2 N–H and O–H groups in total. The number of aliphatic hydroxyl groups is 1. The van der Waals surface area contributed by atoms with Gasteiger partial charge in [-0.05, 0) is 13.8 Å². The van der Waals surface area contributed by atoms with Gasteiger partial charge in [0.15, 0.2) is 12.0 Å². The number of hydrogen-bond acceptors (Lipinski definition) is 6. The summed E-state index contributed by atoms with van der Waals surface area (Å²) in [7, 11) is 0. The maximum absolute atomic E-state index is 13.4. The van der Waals surface area contributed by atoms with Gasteiger partial charge in [0.25, 0.3) is 5.56 Å². The zero-order valence-corrected chi connectivity index (χ0v) is 11.4. The van der Waals surface area contributed by atoms with Crippen LogP contribution in [0.15, 0.2) is 15.8 Å². The van der Waals surface area contributed by atoms with Crippen LogP contribution in [0.1, 0.15) is 20.1 Å². The zero-order valence-electron chi connectivity index (χ0n) is 11.4. The van der Waals surface area contributed by atoms with Crippen molar-refractivity contribution in [3.05, 3.63) is 32.9 Å². The summed E-state index contributed by atoms with van der Waals surface area (Å²) in [5.74, 6) is -2.02. The Morgan fingerprint density at radius 2 is 2.05 bits per heavy atom. The summed E-state index contributed by atoms with van der Waals surface area (Å²) in [5, 5.41) is 9.34. The molecule has 1 aromatic heterocycles. The third kappa shape index (κ3) is 2.31. The molecule has 0 aromatic carbocycles. The highest BCUT2D eigenvalue weighted by Gasteiger charge is 2.55. The number of nitrogens with one attached hydrogen (secondary N) is 1. The topological polar surface area (TPSA) is 103 Å². The van der Waals surface area contributed by atoms with Crippen molar-refractivity contribution >= 4 is 0 Å². The molecule has 9 heteroatoms. The van der Waals surface area contributed by atoms with Crippen LogP contribution < -0.4 is 11.2 Å². The van der Waals surface area contributed by atoms with Crippen LogP contribution in [-0.4, -0.2) is 45.4 Å². The molecule has 2 aliphatic heterocycles. The van der Waals surface area contributed by atoms with E-state index in [9.17, 15) is 19.1 Å². The molecule has 21 heavy (non-hydrogen) atoms. The summed E-state index contributed by atoms with van der Waals surface area (Å²) in [6.07, 6.45) is -2.22. The van der Waals surface area contributed by atoms with Gasteiger partial charge in [-0.3, -0.25) is 14.3 Å². The lowest BCUT2D eigenvalue weighted by Crippen LogP contribution is -2.38. The molecule has 2 aliphatic rings. The van der Waals surface area contributed by atoms with Crippen molar-refractivity contribution in [1.29, 1.82) is 0 Å². The van der Waals surface area contributed by atoms with Crippen molar-refractivity contribution in [2.45, 2.75) is 44.2 Å². The second-order valence-electron chi connectivity index (χ2n) is 5.46. The number of aromatic nitrogens is 2. The third-order valence-corrected chi connectivity index (χ3v) is 3.50. The maximum atomic E-state index is 13.4. The fraction of sp³-hybridized carbons (Fsp3) is 0.667. The Morgan fingerprint density at radius 1 is 1.38 bits per heavy atom. The lowest BCUT2D eigenvalue weighted by Gasteiger charge is -2.24. The highest BCUT2D eigenvalue weighted by molar-refractivity contribution is 4.99. The van der Waals surface area contributed by atoms with Crippen LogP contribution in [0.5, 0.6) is 0 Å². The van der Waals surface area contributed by atoms with E-state index in [-0.39, 0.29) is 6.61 Å². The molecule has 116 valence electrons. The molecule has 0 unspecified atom stereocenters. The van der Waals surface area contributed by atoms with Crippen molar-refractivity contribution in [3.8, 4) is 0 Å². The second-order valence-corrected chi connectivity index (χ2v) is 5.46. The standard InChI is InChI=1S/C12H15FN2O6/c1-12(2)20-7-6(4-16)19-10(8(7)21-12)15-3-5(13)9(17)14-11(15)18/h3,6-8,10,16H,4H2,1-2H3,(H,14,17,18)/t6-,7+,8-,10-/m0/s1. The summed E-state index contributed by atoms with van der Waals surface area (Å²) < 4.78 is 31.1. The van der Waals surface area contributed by atoms with Crippen LogP contribution in [0.3, 0.4) is 0 Å². The van der Waals surface area contributed by atoms with E-state index >= 15 is 0 Å². The quantitative estimate of drug-likeness (QED) is 0.733. The molecule has 0 radical (unpaired) electrons. The molecular formula is C12H15FN2O6. The van der Waals surface area contributed by atoms with Crippen LogP contribution in [0.4, 0.5) is 4.39 Å². The van der Waals surface area contributed by atoms with E-state index in [1.54, 1.807) is 13.8 Å². The molecule has 8 nitrogen and oxygen atoms in total. The molecular weight excluding hydrogens is 287 g/mol. The van der Waals surface area contributed by atoms with E-state index in [4.69, 9.17) is 14.2 Å². The van der Waals surface area contributed by atoms with Crippen LogP contribution in [0.25, 0.3) is 0 Å². The Hall–Kier alpha value is -1.55. The number of fused-ring (bicyclic) bond motifs is 1. The summed E-state index contributed by atoms with van der Waals surface area (Å²) in [4.78, 5) is 24.8. The molecule has 2 saturated heterocycles. The zero-order chi connectivity index (χ0) is 15.4. The van der Waals surface area contributed by atoms with Crippen molar-refractivity contribution in [3.63, 3.8) is 0 Å². The minimum atomic E-state index is -1.11. The Kier molecular flexibility index (Phi) is 3.24. The first kappa shape index (κ1) is 14.4. The number of ether oxygens (including phenoxy) is 3. The monoisotopic (exact) mass is 302 g/mol. The van der Waals surface area contributed by atoms with Crippen molar-refractivity contribution in [2.24, 2.45) is 0 Å². The SMILES string of the molecule is CC1(C)O[C@H]2[C@H](O1)[C@@H](n1cc(F)c(=O)[nH]c1=O)O[C@H]2CO. The molecule has 3 heterocycles. The Labute approximate surface area is 118 Å². The fourth-order valence-corrected chi connectivity index (χ4v) is 2.68. The number of nitrogens with zero attached hydrogens (tertiary/aromatic N) is 1. The highest BCUT2D eigenvalue weighted by Crippen LogP contribution is 2.42. The normalized spacial score (nSPS) is 34.1. The number of halogens is 1. The fourth-order valence-electron chi connectivity index (χ4n) is 2.68. The van der Waals surface area contributed by atoms with Gasteiger partial charge in [0.1, 0.15) is 18.3 Å². The molecule has 0 amide bonds. The number of aromatic amines is 1. The molecule has 1 aromatic rings. The van der Waals surface area contributed by atoms with E-state index < -0.39 is 47.4 Å². The Bertz CT molecular complexity index is 668. The van der Waals surface area contributed by atoms with Crippen molar-refractivity contribution < 1.29 is 23.7 Å². The van der Waals surface area contributed by atoms with Crippen molar-refractivity contribution in [2.75, 3.05) is 6.61 Å². The van der Waals surface area contributed by atoms with Gasteiger partial charge in [-0.25, -0.2) is 4.79 Å². The minimum Gasteiger partial charge on any atom is -0.394 e. The molecule has 3 rings (SSSR count). The van der Waals surface area contributed by atoms with Crippen LogP contribution >= 0.6 is 0 Å². The molecule has 2 fully saturated rings. The Morgan fingerprint density at radius 3 is 2.71 bits per heavy atom. The predicted octanol–water partition coefficient (Wildman–Crippen LogP) is -0.914. The minimum absolute atomic E-state index is 0.336. The van der Waals surface area contributed by atoms with Gasteiger partial charge in [0, 0.05) is 0 Å². The summed E-state index contributed by atoms with van der Waals surface area (Å²) in [6.45, 7) is 3.04. The first-order valence-electron chi connectivity index (χ1n) is 6.45. The first-order chi connectivity index (χ1) is 9.82. The van der Waals surface area contributed by atoms with E-state index in [0.717, 1.165) is 10.8 Å². The van der Waals surface area contributed by atoms with Crippen LogP contribution in [-0.2, 0) is 14.2 Å². The van der Waals surface area contributed by atoms with E-state index in [2.05, 4.69) is 0 Å². The summed E-state index contributed by atoms with van der Waals surface area (Å²) in [5.41, 5.74) is -1.93. The lowest BCUT2D eigenvalue weighted by atomic mass is 10.1. The first-order valence-corrected chi connectivity index (χ1v) is 6.45. The summed E-state index contributed by atoms with van der Waals surface area (Å²) >= 11 is 0. The number of aliphatic hydroxyl groups excluding tert-OH is 1. The van der Waals surface area contributed by atoms with Gasteiger partial charge in [-0.2, -0.15) is 4.39 Å². The molecule has 0 aliphatic carbocycles. The molecule has 0 bridgehead atoms. The third-order valence-electron chi connectivity index (χ3n) is 3.50.